The summed E-state index contributed by atoms with van der Waals surface area (Å²) in [6.45, 7) is 3.49. The molecule has 0 saturated carbocycles. The van der Waals surface area contributed by atoms with Gasteiger partial charge in [-0.3, -0.25) is 4.79 Å². The summed E-state index contributed by atoms with van der Waals surface area (Å²) in [4.78, 5) is 22.5. The Morgan fingerprint density at radius 1 is 1.38 bits per heavy atom. The number of carbonyl (C=O) groups is 1. The molecule has 0 radical (unpaired) electrons. The smallest absolute Gasteiger partial charge is 0.272 e. The number of aromatic nitrogens is 2. The third kappa shape index (κ3) is 3.79. The minimum Gasteiger partial charge on any atom is -0.381 e. The number of piperidine rings is 1. The molecule has 3 rings (SSSR count). The van der Waals surface area contributed by atoms with Crippen molar-refractivity contribution in [3.05, 3.63) is 59.7 Å². The van der Waals surface area contributed by atoms with E-state index in [4.69, 9.17) is 4.74 Å². The number of hydrogen-bond donors (Lipinski definition) is 0. The van der Waals surface area contributed by atoms with Gasteiger partial charge in [0.2, 0.25) is 0 Å². The van der Waals surface area contributed by atoms with E-state index < -0.39 is 0 Å². The van der Waals surface area contributed by atoms with E-state index in [0.717, 1.165) is 12.8 Å². The van der Waals surface area contributed by atoms with Crippen molar-refractivity contribution in [3.8, 4) is 0 Å². The summed E-state index contributed by atoms with van der Waals surface area (Å²) in [6.07, 6.45) is 4.96. The summed E-state index contributed by atoms with van der Waals surface area (Å²) >= 11 is 0. The van der Waals surface area contributed by atoms with Crippen molar-refractivity contribution in [1.29, 1.82) is 0 Å². The molecule has 0 spiro atoms. The molecule has 1 aromatic carbocycles. The summed E-state index contributed by atoms with van der Waals surface area (Å²) in [5, 5.41) is 0. The average molecular weight is 325 g/mol. The Hall–Kier alpha value is -2.27. The van der Waals surface area contributed by atoms with E-state index in [-0.39, 0.29) is 17.9 Å². The van der Waals surface area contributed by atoms with Crippen LogP contribution in [0.4, 0.5) is 0 Å². The van der Waals surface area contributed by atoms with Crippen molar-refractivity contribution in [2.24, 2.45) is 5.92 Å². The third-order valence-corrected chi connectivity index (χ3v) is 4.64. The summed E-state index contributed by atoms with van der Waals surface area (Å²) in [5.74, 6) is 0.262. The average Bonchev–Trinajstić information content (AvgIpc) is 2.62. The molecule has 1 fully saturated rings. The van der Waals surface area contributed by atoms with Gasteiger partial charge in [0, 0.05) is 32.3 Å². The van der Waals surface area contributed by atoms with Gasteiger partial charge >= 0.3 is 0 Å². The topological polar surface area (TPSA) is 55.3 Å². The first-order chi connectivity index (χ1) is 11.7. The first-order valence-electron chi connectivity index (χ1n) is 8.31. The van der Waals surface area contributed by atoms with Crippen molar-refractivity contribution >= 4 is 5.91 Å². The molecule has 0 N–H and O–H groups in total. The maximum absolute atomic E-state index is 12.6. The molecule has 2 heterocycles. The Morgan fingerprint density at radius 3 is 2.96 bits per heavy atom. The van der Waals surface area contributed by atoms with E-state index in [2.05, 4.69) is 41.2 Å². The number of rotatable bonds is 4. The number of likely N-dealkylation sites (tertiary alicyclic amines) is 1. The second-order valence-corrected chi connectivity index (χ2v) is 6.36. The van der Waals surface area contributed by atoms with Crippen LogP contribution in [0.2, 0.25) is 0 Å². The zero-order valence-electron chi connectivity index (χ0n) is 14.2. The maximum Gasteiger partial charge on any atom is 0.272 e. The molecule has 1 aliphatic rings. The highest BCUT2D eigenvalue weighted by Gasteiger charge is 2.32. The predicted molar refractivity (Wildman–Crippen MR) is 91.7 cm³/mol. The lowest BCUT2D eigenvalue weighted by Gasteiger charge is -2.38. The van der Waals surface area contributed by atoms with Crippen LogP contribution in [-0.2, 0) is 11.2 Å². The van der Waals surface area contributed by atoms with Crippen molar-refractivity contribution in [3.63, 3.8) is 0 Å². The number of aryl methyl sites for hydroxylation is 1. The quantitative estimate of drug-likeness (QED) is 0.867. The first kappa shape index (κ1) is 16.6. The highest BCUT2D eigenvalue weighted by Crippen LogP contribution is 2.25. The lowest BCUT2D eigenvalue weighted by Crippen LogP contribution is -2.47. The molecule has 2 aromatic rings. The Kier molecular flexibility index (Phi) is 5.20. The fourth-order valence-corrected chi connectivity index (χ4v) is 3.42. The molecular weight excluding hydrogens is 302 g/mol. The van der Waals surface area contributed by atoms with E-state index in [9.17, 15) is 4.79 Å². The molecular formula is C19H23N3O2. The van der Waals surface area contributed by atoms with Crippen LogP contribution in [0.1, 0.15) is 28.0 Å². The number of ether oxygens (including phenoxy) is 1. The van der Waals surface area contributed by atoms with Crippen LogP contribution < -0.4 is 0 Å². The van der Waals surface area contributed by atoms with Crippen molar-refractivity contribution in [2.75, 3.05) is 20.2 Å². The van der Waals surface area contributed by atoms with E-state index in [1.54, 1.807) is 19.4 Å². The zero-order chi connectivity index (χ0) is 16.9. The fraction of sp³-hybridized carbons (Fsp3) is 0.421. The highest BCUT2D eigenvalue weighted by atomic mass is 16.5. The van der Waals surface area contributed by atoms with Gasteiger partial charge in [-0.05, 0) is 31.4 Å². The molecule has 0 aliphatic carbocycles. The van der Waals surface area contributed by atoms with Gasteiger partial charge in [-0.25, -0.2) is 9.97 Å². The number of amides is 1. The monoisotopic (exact) mass is 325 g/mol. The molecule has 1 amide bonds. The van der Waals surface area contributed by atoms with Crippen molar-refractivity contribution in [2.45, 2.75) is 25.9 Å². The maximum atomic E-state index is 12.6. The van der Waals surface area contributed by atoms with Crippen molar-refractivity contribution in [1.82, 2.24) is 14.9 Å². The number of benzene rings is 1. The van der Waals surface area contributed by atoms with Gasteiger partial charge in [0.15, 0.2) is 0 Å². The minimum absolute atomic E-state index is 0.0267. The molecule has 1 aromatic heterocycles. The molecule has 5 nitrogen and oxygen atoms in total. The predicted octanol–water partition coefficient (Wildman–Crippen LogP) is 2.50. The normalized spacial score (nSPS) is 20.8. The van der Waals surface area contributed by atoms with Gasteiger partial charge in [0.05, 0.1) is 6.10 Å². The number of carbonyl (C=O) groups excluding carboxylic acids is 1. The van der Waals surface area contributed by atoms with E-state index in [0.29, 0.717) is 18.8 Å². The van der Waals surface area contributed by atoms with E-state index in [1.807, 2.05) is 4.90 Å². The summed E-state index contributed by atoms with van der Waals surface area (Å²) in [7, 11) is 1.76. The third-order valence-electron chi connectivity index (χ3n) is 4.64. The molecule has 0 unspecified atom stereocenters. The van der Waals surface area contributed by atoms with Gasteiger partial charge in [-0.1, -0.05) is 29.8 Å². The van der Waals surface area contributed by atoms with E-state index in [1.165, 1.54) is 17.5 Å². The SMILES string of the molecule is CO[C@H]1CCN(C(=O)c2ccncn2)C[C@@H]1Cc1cccc(C)c1. The van der Waals surface area contributed by atoms with Crippen molar-refractivity contribution < 1.29 is 9.53 Å². The van der Waals surface area contributed by atoms with Crippen LogP contribution in [0.5, 0.6) is 0 Å². The first-order valence-corrected chi connectivity index (χ1v) is 8.31. The van der Waals surface area contributed by atoms with Gasteiger partial charge in [0.1, 0.15) is 12.0 Å². The zero-order valence-corrected chi connectivity index (χ0v) is 14.2. The summed E-state index contributed by atoms with van der Waals surface area (Å²) in [5.41, 5.74) is 3.00. The second kappa shape index (κ2) is 7.53. The van der Waals surface area contributed by atoms with Crippen LogP contribution in [0.15, 0.2) is 42.9 Å². The van der Waals surface area contributed by atoms with Crippen LogP contribution in [0, 0.1) is 12.8 Å². The highest BCUT2D eigenvalue weighted by molar-refractivity contribution is 5.92. The minimum atomic E-state index is -0.0267. The second-order valence-electron chi connectivity index (χ2n) is 6.36. The molecule has 126 valence electrons. The molecule has 1 saturated heterocycles. The van der Waals surface area contributed by atoms with E-state index >= 15 is 0 Å². The van der Waals surface area contributed by atoms with Gasteiger partial charge in [-0.15, -0.1) is 0 Å². The Balaban J connectivity index is 1.73. The molecule has 2 atom stereocenters. The number of hydrogen-bond acceptors (Lipinski definition) is 4. The molecule has 1 aliphatic heterocycles. The summed E-state index contributed by atoms with van der Waals surface area (Å²) < 4.78 is 5.68. The molecule has 5 heteroatoms. The Bertz CT molecular complexity index is 690. The lowest BCUT2D eigenvalue weighted by molar-refractivity contribution is -0.00318. The standard InChI is InChI=1S/C19H23N3O2/c1-14-4-3-5-15(10-14)11-16-12-22(9-7-18(16)24-2)19(23)17-6-8-20-13-21-17/h3-6,8,10,13,16,18H,7,9,11-12H2,1-2H3/t16-,18-/m0/s1. The summed E-state index contributed by atoms with van der Waals surface area (Å²) in [6, 6.07) is 10.2. The number of nitrogens with zero attached hydrogens (tertiary/aromatic N) is 3. The van der Waals surface area contributed by atoms with Gasteiger partial charge < -0.3 is 9.64 Å². The lowest BCUT2D eigenvalue weighted by atomic mass is 9.88. The Labute approximate surface area is 142 Å². The van der Waals surface area contributed by atoms with Crippen LogP contribution >= 0.6 is 0 Å². The van der Waals surface area contributed by atoms with Gasteiger partial charge in [-0.2, -0.15) is 0 Å². The molecule has 0 bridgehead atoms. The van der Waals surface area contributed by atoms with Crippen LogP contribution in [-0.4, -0.2) is 47.1 Å². The van der Waals surface area contributed by atoms with Crippen LogP contribution in [0.25, 0.3) is 0 Å². The Morgan fingerprint density at radius 2 is 2.25 bits per heavy atom. The largest absolute Gasteiger partial charge is 0.381 e. The van der Waals surface area contributed by atoms with Crippen LogP contribution in [0.3, 0.4) is 0 Å². The number of methoxy groups -OCH3 is 1. The molecule has 24 heavy (non-hydrogen) atoms. The fourth-order valence-electron chi connectivity index (χ4n) is 3.42. The van der Waals surface area contributed by atoms with Gasteiger partial charge in [0.25, 0.3) is 5.91 Å².